The zero-order chi connectivity index (χ0) is 17.0. The second-order valence-corrected chi connectivity index (χ2v) is 7.33. The average Bonchev–Trinajstić information content (AvgIpc) is 2.48. The maximum absolute atomic E-state index is 12.2. The highest BCUT2D eigenvalue weighted by molar-refractivity contribution is 7.88. The van der Waals surface area contributed by atoms with E-state index >= 15 is 0 Å². The molecule has 0 bridgehead atoms. The van der Waals surface area contributed by atoms with Crippen molar-refractivity contribution in [3.05, 3.63) is 24.3 Å². The molecule has 1 N–H and O–H groups in total. The Balaban J connectivity index is 1.96. The number of carbonyl (C=O) groups is 1. The maximum atomic E-state index is 12.2. The molecule has 2 rings (SSSR count). The van der Waals surface area contributed by atoms with Crippen molar-refractivity contribution in [2.24, 2.45) is 5.92 Å². The SMILES string of the molecule is CS(=O)(=O)N1CCC[C@H](C(=O)Nc2ccc(OC(F)F)cc2)C1. The lowest BCUT2D eigenvalue weighted by atomic mass is 9.99. The van der Waals surface area contributed by atoms with Crippen LogP contribution in [0.3, 0.4) is 0 Å². The van der Waals surface area contributed by atoms with Gasteiger partial charge in [0.25, 0.3) is 0 Å². The molecule has 0 aliphatic carbocycles. The molecule has 6 nitrogen and oxygen atoms in total. The number of hydrogen-bond acceptors (Lipinski definition) is 4. The largest absolute Gasteiger partial charge is 0.435 e. The summed E-state index contributed by atoms with van der Waals surface area (Å²) >= 11 is 0. The van der Waals surface area contributed by atoms with Crippen LogP contribution in [0.25, 0.3) is 0 Å². The Morgan fingerprint density at radius 2 is 2.00 bits per heavy atom. The summed E-state index contributed by atoms with van der Waals surface area (Å²) in [5.41, 5.74) is 0.438. The van der Waals surface area contributed by atoms with E-state index in [0.717, 1.165) is 6.26 Å². The average molecular weight is 348 g/mol. The van der Waals surface area contributed by atoms with Crippen molar-refractivity contribution in [3.63, 3.8) is 0 Å². The Morgan fingerprint density at radius 1 is 1.35 bits per heavy atom. The monoisotopic (exact) mass is 348 g/mol. The second kappa shape index (κ2) is 7.22. The molecule has 1 saturated heterocycles. The molecule has 1 aliphatic rings. The first-order valence-electron chi connectivity index (χ1n) is 7.06. The summed E-state index contributed by atoms with van der Waals surface area (Å²) in [6, 6.07) is 5.55. The molecule has 0 aromatic heterocycles. The standard InChI is InChI=1S/C14H18F2N2O4S/c1-23(20,21)18-8-2-3-10(9-18)13(19)17-11-4-6-12(7-5-11)22-14(15)16/h4-7,10,14H,2-3,8-9H2,1H3,(H,17,19)/t10-/m0/s1. The zero-order valence-corrected chi connectivity index (χ0v) is 13.4. The van der Waals surface area contributed by atoms with Gasteiger partial charge in [0.05, 0.1) is 12.2 Å². The van der Waals surface area contributed by atoms with Crippen LogP contribution < -0.4 is 10.1 Å². The van der Waals surface area contributed by atoms with Crippen LogP contribution in [0, 0.1) is 5.92 Å². The molecule has 23 heavy (non-hydrogen) atoms. The van der Waals surface area contributed by atoms with Gasteiger partial charge in [0.2, 0.25) is 15.9 Å². The summed E-state index contributed by atoms with van der Waals surface area (Å²) in [5.74, 6) is -0.727. The number of amides is 1. The highest BCUT2D eigenvalue weighted by Crippen LogP contribution is 2.22. The van der Waals surface area contributed by atoms with Crippen molar-refractivity contribution in [2.45, 2.75) is 19.5 Å². The number of halogens is 2. The minimum atomic E-state index is -3.32. The first-order valence-corrected chi connectivity index (χ1v) is 8.91. The molecule has 9 heteroatoms. The summed E-state index contributed by atoms with van der Waals surface area (Å²) < 4.78 is 52.8. The van der Waals surface area contributed by atoms with Crippen molar-refractivity contribution in [1.29, 1.82) is 0 Å². The fourth-order valence-corrected chi connectivity index (χ4v) is 3.33. The molecule has 0 unspecified atom stereocenters. The number of carbonyl (C=O) groups excluding carboxylic acids is 1. The van der Waals surface area contributed by atoms with Crippen LogP contribution in [-0.2, 0) is 14.8 Å². The minimum Gasteiger partial charge on any atom is -0.435 e. The third kappa shape index (κ3) is 5.14. The van der Waals surface area contributed by atoms with Crippen LogP contribution in [0.4, 0.5) is 14.5 Å². The van der Waals surface area contributed by atoms with E-state index in [1.165, 1.54) is 28.6 Å². The Morgan fingerprint density at radius 3 is 2.57 bits per heavy atom. The van der Waals surface area contributed by atoms with E-state index in [0.29, 0.717) is 25.1 Å². The normalized spacial score (nSPS) is 19.6. The molecule has 0 spiro atoms. The number of hydrogen-bond donors (Lipinski definition) is 1. The van der Waals surface area contributed by atoms with E-state index in [4.69, 9.17) is 0 Å². The number of alkyl halides is 2. The molecule has 1 atom stereocenters. The lowest BCUT2D eigenvalue weighted by molar-refractivity contribution is -0.120. The Hall–Kier alpha value is -1.74. The van der Waals surface area contributed by atoms with Crippen molar-refractivity contribution in [2.75, 3.05) is 24.7 Å². The van der Waals surface area contributed by atoms with Crippen molar-refractivity contribution in [3.8, 4) is 5.75 Å². The van der Waals surface area contributed by atoms with E-state index in [9.17, 15) is 22.0 Å². The minimum absolute atomic E-state index is 0.00100. The number of anilines is 1. The lowest BCUT2D eigenvalue weighted by Crippen LogP contribution is -2.43. The van der Waals surface area contributed by atoms with E-state index in [-0.39, 0.29) is 18.2 Å². The molecular formula is C14H18F2N2O4S. The van der Waals surface area contributed by atoms with Gasteiger partial charge in [-0.3, -0.25) is 4.79 Å². The molecule has 1 aliphatic heterocycles. The van der Waals surface area contributed by atoms with Gasteiger partial charge < -0.3 is 10.1 Å². The number of nitrogens with one attached hydrogen (secondary N) is 1. The van der Waals surface area contributed by atoms with Crippen LogP contribution in [0.5, 0.6) is 5.75 Å². The Bertz CT molecular complexity index is 649. The van der Waals surface area contributed by atoms with Gasteiger partial charge in [-0.1, -0.05) is 0 Å². The quantitative estimate of drug-likeness (QED) is 0.882. The number of rotatable bonds is 5. The van der Waals surface area contributed by atoms with Crippen LogP contribution in [-0.4, -0.2) is 44.6 Å². The number of piperidine rings is 1. The van der Waals surface area contributed by atoms with Crippen molar-refractivity contribution in [1.82, 2.24) is 4.31 Å². The van der Waals surface area contributed by atoms with Crippen LogP contribution in [0.2, 0.25) is 0 Å². The molecule has 1 heterocycles. The number of nitrogens with zero attached hydrogens (tertiary/aromatic N) is 1. The lowest BCUT2D eigenvalue weighted by Gasteiger charge is -2.30. The topological polar surface area (TPSA) is 75.7 Å². The summed E-state index contributed by atoms with van der Waals surface area (Å²) in [4.78, 5) is 12.2. The van der Waals surface area contributed by atoms with Gasteiger partial charge >= 0.3 is 6.61 Å². The van der Waals surface area contributed by atoms with Gasteiger partial charge in [0.1, 0.15) is 5.75 Å². The molecule has 0 saturated carbocycles. The summed E-state index contributed by atoms with van der Waals surface area (Å²) in [7, 11) is -3.32. The number of ether oxygens (including phenoxy) is 1. The van der Waals surface area contributed by atoms with Crippen LogP contribution in [0.15, 0.2) is 24.3 Å². The fraction of sp³-hybridized carbons (Fsp3) is 0.500. The van der Waals surface area contributed by atoms with Gasteiger partial charge in [-0.25, -0.2) is 12.7 Å². The van der Waals surface area contributed by atoms with Gasteiger partial charge in [-0.15, -0.1) is 0 Å². The maximum Gasteiger partial charge on any atom is 0.387 e. The van der Waals surface area contributed by atoms with Gasteiger partial charge in [0, 0.05) is 18.8 Å². The summed E-state index contributed by atoms with van der Waals surface area (Å²) in [6.07, 6.45) is 2.34. The van der Waals surface area contributed by atoms with Gasteiger partial charge in [-0.05, 0) is 37.1 Å². The second-order valence-electron chi connectivity index (χ2n) is 5.35. The Kier molecular flexibility index (Phi) is 5.53. The first-order chi connectivity index (χ1) is 10.8. The molecule has 0 radical (unpaired) electrons. The van der Waals surface area contributed by atoms with Crippen molar-refractivity contribution < 1.29 is 26.7 Å². The predicted octanol–water partition coefficient (Wildman–Crippen LogP) is 1.90. The fourth-order valence-electron chi connectivity index (χ4n) is 2.42. The third-order valence-electron chi connectivity index (χ3n) is 3.57. The van der Waals surface area contributed by atoms with E-state index in [1.54, 1.807) is 0 Å². The first kappa shape index (κ1) is 17.6. The molecule has 1 fully saturated rings. The number of sulfonamides is 1. The molecule has 128 valence electrons. The van der Waals surface area contributed by atoms with E-state index < -0.39 is 22.6 Å². The van der Waals surface area contributed by atoms with Crippen LogP contribution in [0.1, 0.15) is 12.8 Å². The van der Waals surface area contributed by atoms with Gasteiger partial charge in [-0.2, -0.15) is 8.78 Å². The molecule has 1 aromatic carbocycles. The van der Waals surface area contributed by atoms with E-state index in [1.807, 2.05) is 0 Å². The van der Waals surface area contributed by atoms with Crippen LogP contribution >= 0.6 is 0 Å². The van der Waals surface area contributed by atoms with Crippen molar-refractivity contribution >= 4 is 21.6 Å². The molecule has 1 amide bonds. The summed E-state index contributed by atoms with van der Waals surface area (Å²) in [6.45, 7) is -2.33. The smallest absolute Gasteiger partial charge is 0.387 e. The van der Waals surface area contributed by atoms with Gasteiger partial charge in [0.15, 0.2) is 0 Å². The highest BCUT2D eigenvalue weighted by Gasteiger charge is 2.30. The predicted molar refractivity (Wildman–Crippen MR) is 80.8 cm³/mol. The number of benzene rings is 1. The zero-order valence-electron chi connectivity index (χ0n) is 12.5. The molecular weight excluding hydrogens is 330 g/mol. The molecule has 1 aromatic rings. The summed E-state index contributed by atoms with van der Waals surface area (Å²) in [5, 5.41) is 2.66. The van der Waals surface area contributed by atoms with E-state index in [2.05, 4.69) is 10.1 Å². The third-order valence-corrected chi connectivity index (χ3v) is 4.84. The highest BCUT2D eigenvalue weighted by atomic mass is 32.2. The Labute approximate surface area is 133 Å².